The van der Waals surface area contributed by atoms with Gasteiger partial charge in [0.2, 0.25) is 0 Å². The SMILES string of the molecule is C[Si](C)(C)CCOCc1[nH]c(-c2ccc(Br)cc2F)nc1C(F)(F)F. The second kappa shape index (κ2) is 7.59. The zero-order chi connectivity index (χ0) is 18.8. The van der Waals surface area contributed by atoms with Gasteiger partial charge in [-0.05, 0) is 24.2 Å². The first kappa shape index (κ1) is 20.1. The van der Waals surface area contributed by atoms with Crippen molar-refractivity contribution in [3.8, 4) is 11.4 Å². The molecule has 0 spiro atoms. The number of benzene rings is 1. The topological polar surface area (TPSA) is 37.9 Å². The Kier molecular flexibility index (Phi) is 6.11. The summed E-state index contributed by atoms with van der Waals surface area (Å²) < 4.78 is 59.5. The van der Waals surface area contributed by atoms with Crippen LogP contribution in [0.25, 0.3) is 11.4 Å². The van der Waals surface area contributed by atoms with Crippen LogP contribution < -0.4 is 0 Å². The molecule has 0 saturated heterocycles. The molecule has 2 rings (SSSR count). The normalized spacial score (nSPS) is 12.6. The number of aromatic amines is 1. The molecule has 0 amide bonds. The van der Waals surface area contributed by atoms with Crippen LogP contribution in [-0.2, 0) is 17.5 Å². The molecule has 2 aromatic rings. The van der Waals surface area contributed by atoms with Crippen molar-refractivity contribution in [2.75, 3.05) is 6.61 Å². The van der Waals surface area contributed by atoms with Crippen molar-refractivity contribution in [2.45, 2.75) is 38.5 Å². The smallest absolute Gasteiger partial charge is 0.375 e. The van der Waals surface area contributed by atoms with E-state index in [1.807, 2.05) is 0 Å². The predicted octanol–water partition coefficient (Wildman–Crippen LogP) is 5.85. The van der Waals surface area contributed by atoms with Gasteiger partial charge in [0.05, 0.1) is 17.9 Å². The first-order valence-electron chi connectivity index (χ1n) is 7.66. The van der Waals surface area contributed by atoms with Gasteiger partial charge in [0.15, 0.2) is 5.69 Å². The Hall–Kier alpha value is -1.19. The maximum absolute atomic E-state index is 14.0. The highest BCUT2D eigenvalue weighted by molar-refractivity contribution is 9.10. The van der Waals surface area contributed by atoms with Gasteiger partial charge in [-0.2, -0.15) is 13.2 Å². The van der Waals surface area contributed by atoms with Crippen LogP contribution in [0.1, 0.15) is 11.4 Å². The Morgan fingerprint density at radius 3 is 2.48 bits per heavy atom. The average molecular weight is 439 g/mol. The van der Waals surface area contributed by atoms with Crippen molar-refractivity contribution < 1.29 is 22.3 Å². The standard InChI is InChI=1S/C16H19BrF4N2OSi/c1-25(2,3)7-6-24-9-13-14(16(19,20)21)23-15(22-13)11-5-4-10(17)8-12(11)18/h4-5,8H,6-7,9H2,1-3H3,(H,22,23). The molecule has 0 radical (unpaired) electrons. The Morgan fingerprint density at radius 2 is 1.92 bits per heavy atom. The molecule has 25 heavy (non-hydrogen) atoms. The quantitative estimate of drug-likeness (QED) is 0.348. The summed E-state index contributed by atoms with van der Waals surface area (Å²) in [4.78, 5) is 6.13. The molecule has 0 unspecified atom stereocenters. The summed E-state index contributed by atoms with van der Waals surface area (Å²) in [6.07, 6.45) is -4.64. The average Bonchev–Trinajstić information content (AvgIpc) is 2.86. The lowest BCUT2D eigenvalue weighted by Gasteiger charge is -2.15. The molecule has 1 heterocycles. The molecule has 1 N–H and O–H groups in total. The zero-order valence-corrected chi connectivity index (χ0v) is 16.7. The summed E-state index contributed by atoms with van der Waals surface area (Å²) in [5.74, 6) is -0.829. The van der Waals surface area contributed by atoms with Crippen LogP contribution in [0, 0.1) is 5.82 Å². The van der Waals surface area contributed by atoms with Gasteiger partial charge in [-0.15, -0.1) is 0 Å². The van der Waals surface area contributed by atoms with Crippen LogP contribution in [0.3, 0.4) is 0 Å². The lowest BCUT2D eigenvalue weighted by atomic mass is 10.2. The lowest BCUT2D eigenvalue weighted by molar-refractivity contribution is -0.142. The first-order chi connectivity index (χ1) is 11.5. The number of nitrogens with zero attached hydrogens (tertiary/aromatic N) is 1. The van der Waals surface area contributed by atoms with Crippen molar-refractivity contribution in [3.05, 3.63) is 39.9 Å². The van der Waals surface area contributed by atoms with Crippen molar-refractivity contribution in [1.29, 1.82) is 0 Å². The van der Waals surface area contributed by atoms with E-state index in [9.17, 15) is 17.6 Å². The molecule has 0 bridgehead atoms. The second-order valence-corrected chi connectivity index (χ2v) is 13.4. The monoisotopic (exact) mass is 438 g/mol. The van der Waals surface area contributed by atoms with Gasteiger partial charge in [-0.1, -0.05) is 35.6 Å². The zero-order valence-electron chi connectivity index (χ0n) is 14.1. The fraction of sp³-hybridized carbons (Fsp3) is 0.438. The van der Waals surface area contributed by atoms with Crippen LogP contribution in [0.5, 0.6) is 0 Å². The van der Waals surface area contributed by atoms with Gasteiger partial charge in [0.25, 0.3) is 0 Å². The summed E-state index contributed by atoms with van der Waals surface area (Å²) in [5.41, 5.74) is -1.29. The maximum Gasteiger partial charge on any atom is 0.435 e. The van der Waals surface area contributed by atoms with Crippen LogP contribution in [0.4, 0.5) is 17.6 Å². The van der Waals surface area contributed by atoms with E-state index >= 15 is 0 Å². The third-order valence-corrected chi connectivity index (χ3v) is 5.67. The van der Waals surface area contributed by atoms with Gasteiger partial charge in [0.1, 0.15) is 11.6 Å². The number of imidazole rings is 1. The van der Waals surface area contributed by atoms with E-state index in [0.29, 0.717) is 11.1 Å². The van der Waals surface area contributed by atoms with E-state index in [1.54, 1.807) is 6.07 Å². The number of nitrogens with one attached hydrogen (secondary N) is 1. The number of hydrogen-bond acceptors (Lipinski definition) is 2. The van der Waals surface area contributed by atoms with Gasteiger partial charge >= 0.3 is 6.18 Å². The van der Waals surface area contributed by atoms with E-state index in [2.05, 4.69) is 45.5 Å². The Morgan fingerprint density at radius 1 is 1.24 bits per heavy atom. The molecule has 0 fully saturated rings. The number of halogens is 5. The third kappa shape index (κ3) is 5.65. The van der Waals surface area contributed by atoms with Crippen molar-refractivity contribution in [1.82, 2.24) is 9.97 Å². The summed E-state index contributed by atoms with van der Waals surface area (Å²) in [6.45, 7) is 6.60. The van der Waals surface area contributed by atoms with E-state index in [4.69, 9.17) is 4.74 Å². The molecule has 0 aliphatic heterocycles. The fourth-order valence-electron chi connectivity index (χ4n) is 2.11. The Bertz CT molecular complexity index is 741. The molecule has 0 aliphatic rings. The summed E-state index contributed by atoms with van der Waals surface area (Å²) in [7, 11) is -1.33. The van der Waals surface area contributed by atoms with Gasteiger partial charge in [-0.25, -0.2) is 9.37 Å². The number of hydrogen-bond donors (Lipinski definition) is 1. The number of alkyl halides is 3. The molecule has 3 nitrogen and oxygen atoms in total. The molecular weight excluding hydrogens is 420 g/mol. The second-order valence-electron chi connectivity index (χ2n) is 6.90. The predicted molar refractivity (Wildman–Crippen MR) is 94.5 cm³/mol. The minimum Gasteiger partial charge on any atom is -0.375 e. The molecule has 0 saturated carbocycles. The van der Waals surface area contributed by atoms with E-state index in [-0.39, 0.29) is 23.7 Å². The Balaban J connectivity index is 2.25. The molecule has 1 aromatic carbocycles. The highest BCUT2D eigenvalue weighted by Crippen LogP contribution is 2.34. The molecular formula is C16H19BrF4N2OSi. The minimum absolute atomic E-state index is 0.0259. The van der Waals surface area contributed by atoms with E-state index in [1.165, 1.54) is 12.1 Å². The largest absolute Gasteiger partial charge is 0.435 e. The number of aromatic nitrogens is 2. The molecule has 138 valence electrons. The minimum atomic E-state index is -4.64. The van der Waals surface area contributed by atoms with E-state index in [0.717, 1.165) is 6.04 Å². The van der Waals surface area contributed by atoms with Gasteiger partial charge < -0.3 is 9.72 Å². The molecule has 1 aromatic heterocycles. The van der Waals surface area contributed by atoms with Gasteiger partial charge in [-0.3, -0.25) is 0 Å². The lowest BCUT2D eigenvalue weighted by Crippen LogP contribution is -2.21. The van der Waals surface area contributed by atoms with E-state index < -0.39 is 25.8 Å². The third-order valence-electron chi connectivity index (χ3n) is 3.48. The summed E-state index contributed by atoms with van der Waals surface area (Å²) >= 11 is 3.11. The van der Waals surface area contributed by atoms with Crippen molar-refractivity contribution in [2.24, 2.45) is 0 Å². The first-order valence-corrected chi connectivity index (χ1v) is 12.2. The highest BCUT2D eigenvalue weighted by atomic mass is 79.9. The summed E-state index contributed by atoms with van der Waals surface area (Å²) in [6, 6.07) is 4.93. The van der Waals surface area contributed by atoms with Crippen LogP contribution >= 0.6 is 15.9 Å². The van der Waals surface area contributed by atoms with Crippen LogP contribution in [-0.4, -0.2) is 24.6 Å². The number of ether oxygens (including phenoxy) is 1. The molecule has 9 heteroatoms. The Labute approximate surface area is 152 Å². The fourth-order valence-corrected chi connectivity index (χ4v) is 3.20. The van der Waals surface area contributed by atoms with Crippen LogP contribution in [0.15, 0.2) is 22.7 Å². The number of rotatable bonds is 6. The maximum atomic E-state index is 14.0. The molecule has 0 atom stereocenters. The highest BCUT2D eigenvalue weighted by Gasteiger charge is 2.37. The van der Waals surface area contributed by atoms with Crippen molar-refractivity contribution >= 4 is 24.0 Å². The molecule has 0 aliphatic carbocycles. The van der Waals surface area contributed by atoms with Gasteiger partial charge in [0, 0.05) is 19.2 Å². The van der Waals surface area contributed by atoms with Crippen molar-refractivity contribution in [3.63, 3.8) is 0 Å². The van der Waals surface area contributed by atoms with Crippen LogP contribution in [0.2, 0.25) is 25.7 Å². The number of H-pyrrole nitrogens is 1. The summed E-state index contributed by atoms with van der Waals surface area (Å²) in [5, 5.41) is 0.